The Morgan fingerprint density at radius 3 is 2.54 bits per heavy atom. The van der Waals surface area contributed by atoms with Gasteiger partial charge < -0.3 is 15.6 Å². The van der Waals surface area contributed by atoms with Crippen LogP contribution in [0.15, 0.2) is 54.9 Å². The van der Waals surface area contributed by atoms with Crippen molar-refractivity contribution in [2.75, 3.05) is 6.26 Å². The number of carbonyl (C=O) groups is 2. The first-order valence-electron chi connectivity index (χ1n) is 9.12. The Hall–Kier alpha value is -2.80. The summed E-state index contributed by atoms with van der Waals surface area (Å²) < 4.78 is 0. The number of pyridine rings is 1. The third-order valence-electron chi connectivity index (χ3n) is 4.74. The van der Waals surface area contributed by atoms with E-state index in [-0.39, 0.29) is 29.1 Å². The van der Waals surface area contributed by atoms with Gasteiger partial charge in [-0.1, -0.05) is 30.3 Å². The first-order valence-corrected chi connectivity index (χ1v) is 10.4. The quantitative estimate of drug-likeness (QED) is 0.572. The van der Waals surface area contributed by atoms with Crippen molar-refractivity contribution in [3.8, 4) is 0 Å². The molecule has 0 bridgehead atoms. The molecule has 0 aliphatic carbocycles. The van der Waals surface area contributed by atoms with Gasteiger partial charge in [0.15, 0.2) is 0 Å². The van der Waals surface area contributed by atoms with E-state index in [1.54, 1.807) is 18.5 Å². The van der Waals surface area contributed by atoms with Crippen LogP contribution in [0, 0.1) is 0 Å². The predicted octanol–water partition coefficient (Wildman–Crippen LogP) is 3.29. The van der Waals surface area contributed by atoms with Crippen molar-refractivity contribution in [2.24, 2.45) is 0 Å². The molecule has 3 N–H and O–H groups in total. The van der Waals surface area contributed by atoms with E-state index in [0.717, 1.165) is 10.9 Å². The fourth-order valence-electron chi connectivity index (χ4n) is 3.06. The summed E-state index contributed by atoms with van der Waals surface area (Å²) in [6.45, 7) is 3.76. The van der Waals surface area contributed by atoms with Crippen LogP contribution in [0.2, 0.25) is 0 Å². The van der Waals surface area contributed by atoms with Crippen molar-refractivity contribution in [1.82, 2.24) is 20.6 Å². The van der Waals surface area contributed by atoms with Crippen molar-refractivity contribution in [3.05, 3.63) is 66.0 Å². The highest BCUT2D eigenvalue weighted by Crippen LogP contribution is 2.20. The Kier molecular flexibility index (Phi) is 6.36. The van der Waals surface area contributed by atoms with E-state index in [1.807, 2.05) is 56.5 Å². The summed E-state index contributed by atoms with van der Waals surface area (Å²) in [4.78, 5) is 32.6. The minimum atomic E-state index is -0.337. The lowest BCUT2D eigenvalue weighted by Gasteiger charge is -2.27. The van der Waals surface area contributed by atoms with E-state index in [9.17, 15) is 9.59 Å². The third-order valence-corrected chi connectivity index (χ3v) is 5.66. The molecule has 0 spiro atoms. The van der Waals surface area contributed by atoms with Gasteiger partial charge in [0.2, 0.25) is 5.91 Å². The Labute approximate surface area is 168 Å². The molecule has 2 heterocycles. The van der Waals surface area contributed by atoms with Gasteiger partial charge in [-0.2, -0.15) is 11.8 Å². The zero-order chi connectivity index (χ0) is 20.1. The van der Waals surface area contributed by atoms with Crippen LogP contribution in [-0.4, -0.2) is 39.3 Å². The number of aromatic nitrogens is 2. The Morgan fingerprint density at radius 1 is 1.07 bits per heavy atom. The second kappa shape index (κ2) is 8.93. The summed E-state index contributed by atoms with van der Waals surface area (Å²) >= 11 is 1.49. The molecule has 0 saturated carbocycles. The van der Waals surface area contributed by atoms with Crippen LogP contribution in [0.5, 0.6) is 0 Å². The molecule has 0 aliphatic rings. The van der Waals surface area contributed by atoms with Gasteiger partial charge in [0.1, 0.15) is 5.65 Å². The summed E-state index contributed by atoms with van der Waals surface area (Å²) in [5, 5.41) is 6.71. The topological polar surface area (TPSA) is 86.9 Å². The molecule has 3 rings (SSSR count). The molecule has 146 valence electrons. The summed E-state index contributed by atoms with van der Waals surface area (Å²) in [6, 6.07) is 12.6. The van der Waals surface area contributed by atoms with Crippen LogP contribution in [0.25, 0.3) is 11.0 Å². The lowest BCUT2D eigenvalue weighted by molar-refractivity contribution is -0.121. The average Bonchev–Trinajstić information content (AvgIpc) is 3.20. The second-order valence-corrected chi connectivity index (χ2v) is 7.81. The van der Waals surface area contributed by atoms with Gasteiger partial charge in [-0.25, -0.2) is 4.98 Å². The lowest BCUT2D eigenvalue weighted by Crippen LogP contribution is -2.46. The van der Waals surface area contributed by atoms with Gasteiger partial charge in [0, 0.05) is 17.8 Å². The molecule has 28 heavy (non-hydrogen) atoms. The van der Waals surface area contributed by atoms with Crippen molar-refractivity contribution in [3.63, 3.8) is 0 Å². The Bertz CT molecular complexity index is 957. The van der Waals surface area contributed by atoms with Gasteiger partial charge in [-0.15, -0.1) is 0 Å². The number of fused-ring (bicyclic) bond motifs is 1. The number of hydrogen-bond donors (Lipinski definition) is 3. The molecule has 2 amide bonds. The van der Waals surface area contributed by atoms with E-state index >= 15 is 0 Å². The number of H-pyrrole nitrogens is 1. The van der Waals surface area contributed by atoms with E-state index in [4.69, 9.17) is 0 Å². The van der Waals surface area contributed by atoms with Gasteiger partial charge in [-0.3, -0.25) is 9.59 Å². The van der Waals surface area contributed by atoms with Crippen molar-refractivity contribution >= 4 is 34.6 Å². The monoisotopic (exact) mass is 396 g/mol. The van der Waals surface area contributed by atoms with Crippen LogP contribution < -0.4 is 10.6 Å². The molecule has 1 aromatic carbocycles. The molecule has 0 radical (unpaired) electrons. The predicted molar refractivity (Wildman–Crippen MR) is 113 cm³/mol. The van der Waals surface area contributed by atoms with Crippen LogP contribution >= 0.6 is 11.8 Å². The van der Waals surface area contributed by atoms with Crippen molar-refractivity contribution in [1.29, 1.82) is 0 Å². The van der Waals surface area contributed by atoms with E-state index in [1.165, 1.54) is 11.8 Å². The molecule has 3 atom stereocenters. The molecule has 3 unspecified atom stereocenters. The summed E-state index contributed by atoms with van der Waals surface area (Å²) in [7, 11) is 0. The highest BCUT2D eigenvalue weighted by Gasteiger charge is 2.25. The molecule has 3 aromatic rings. The van der Waals surface area contributed by atoms with E-state index < -0.39 is 0 Å². The smallest absolute Gasteiger partial charge is 0.252 e. The zero-order valence-corrected chi connectivity index (χ0v) is 16.9. The fraction of sp³-hybridized carbons (Fsp3) is 0.286. The standard InChI is InChI=1S/C21H24N4O2S/c1-13(24-21(27)17-10-12-23-19-16(17)9-11-22-19)18(15-7-5-4-6-8-15)25-20(26)14(2)28-3/h4-14,18H,1-3H3,(H,22,23)(H,24,27)(H,25,26). The molecule has 7 heteroatoms. The number of nitrogens with zero attached hydrogens (tertiary/aromatic N) is 1. The minimum Gasteiger partial charge on any atom is -0.347 e. The molecular weight excluding hydrogens is 372 g/mol. The number of rotatable bonds is 7. The lowest BCUT2D eigenvalue weighted by atomic mass is 9.99. The van der Waals surface area contributed by atoms with Crippen LogP contribution in [0.3, 0.4) is 0 Å². The maximum atomic E-state index is 12.9. The number of carbonyl (C=O) groups excluding carboxylic acids is 2. The third kappa shape index (κ3) is 4.36. The summed E-state index contributed by atoms with van der Waals surface area (Å²) in [5.41, 5.74) is 2.16. The van der Waals surface area contributed by atoms with Crippen LogP contribution in [-0.2, 0) is 4.79 Å². The molecule has 0 saturated heterocycles. The first kappa shape index (κ1) is 19.9. The fourth-order valence-corrected chi connectivity index (χ4v) is 3.34. The Morgan fingerprint density at radius 2 is 1.82 bits per heavy atom. The van der Waals surface area contributed by atoms with E-state index in [0.29, 0.717) is 11.2 Å². The largest absolute Gasteiger partial charge is 0.347 e. The van der Waals surface area contributed by atoms with Crippen molar-refractivity contribution in [2.45, 2.75) is 31.2 Å². The minimum absolute atomic E-state index is 0.0561. The number of aromatic amines is 1. The molecular formula is C21H24N4O2S. The maximum Gasteiger partial charge on any atom is 0.252 e. The number of benzene rings is 1. The summed E-state index contributed by atoms with van der Waals surface area (Å²) in [5.74, 6) is -0.257. The maximum absolute atomic E-state index is 12.9. The van der Waals surface area contributed by atoms with Gasteiger partial charge in [0.05, 0.1) is 22.9 Å². The highest BCUT2D eigenvalue weighted by molar-refractivity contribution is 7.99. The van der Waals surface area contributed by atoms with Crippen LogP contribution in [0.1, 0.15) is 35.8 Å². The van der Waals surface area contributed by atoms with E-state index in [2.05, 4.69) is 20.6 Å². The van der Waals surface area contributed by atoms with Gasteiger partial charge >= 0.3 is 0 Å². The molecule has 6 nitrogen and oxygen atoms in total. The number of hydrogen-bond acceptors (Lipinski definition) is 4. The Balaban J connectivity index is 1.82. The van der Waals surface area contributed by atoms with Crippen LogP contribution in [0.4, 0.5) is 0 Å². The normalized spacial score (nSPS) is 14.2. The van der Waals surface area contributed by atoms with Gasteiger partial charge in [0.25, 0.3) is 5.91 Å². The molecule has 2 aromatic heterocycles. The number of nitrogens with one attached hydrogen (secondary N) is 3. The second-order valence-electron chi connectivity index (χ2n) is 6.64. The average molecular weight is 397 g/mol. The molecule has 0 aliphatic heterocycles. The SMILES string of the molecule is CSC(C)C(=O)NC(c1ccccc1)C(C)NC(=O)c1ccnc2[nH]ccc12. The number of thioether (sulfide) groups is 1. The first-order chi connectivity index (χ1) is 13.5. The number of amides is 2. The molecule has 0 fully saturated rings. The zero-order valence-electron chi connectivity index (χ0n) is 16.1. The highest BCUT2D eigenvalue weighted by atomic mass is 32.2. The van der Waals surface area contributed by atoms with Gasteiger partial charge in [-0.05, 0) is 37.8 Å². The van der Waals surface area contributed by atoms with Crippen molar-refractivity contribution < 1.29 is 9.59 Å². The summed E-state index contributed by atoms with van der Waals surface area (Å²) in [6.07, 6.45) is 5.27.